The molecule has 1 N–H and O–H groups in total. The maximum Gasteiger partial charge on any atom is 0.0468 e. The summed E-state index contributed by atoms with van der Waals surface area (Å²) >= 11 is 0. The van der Waals surface area contributed by atoms with Gasteiger partial charge in [-0.2, -0.15) is 0 Å². The van der Waals surface area contributed by atoms with Gasteiger partial charge in [0.25, 0.3) is 0 Å². The molecule has 0 aromatic carbocycles. The van der Waals surface area contributed by atoms with Crippen LogP contribution in [0.25, 0.3) is 0 Å². The second-order valence-corrected chi connectivity index (χ2v) is 6.62. The van der Waals surface area contributed by atoms with E-state index in [1.165, 1.54) is 45.3 Å². The van der Waals surface area contributed by atoms with E-state index in [-0.39, 0.29) is 5.54 Å². The van der Waals surface area contributed by atoms with Crippen molar-refractivity contribution >= 4 is 0 Å². The highest BCUT2D eigenvalue weighted by Gasteiger charge is 2.43. The zero-order valence-corrected chi connectivity index (χ0v) is 11.7. The third-order valence-electron chi connectivity index (χ3n) is 4.23. The van der Waals surface area contributed by atoms with Crippen molar-refractivity contribution in [3.05, 3.63) is 0 Å². The first kappa shape index (κ1) is 13.3. The summed E-state index contributed by atoms with van der Waals surface area (Å²) in [5, 5.41) is 3.63. The number of ether oxygens (including phenoxy) is 1. The molecular weight excluding hydrogens is 212 g/mol. The zero-order chi connectivity index (χ0) is 12.4. The first-order valence-corrected chi connectivity index (χ1v) is 7.02. The molecule has 1 aliphatic carbocycles. The van der Waals surface area contributed by atoms with Gasteiger partial charge in [0.15, 0.2) is 0 Å². The van der Waals surface area contributed by atoms with E-state index in [9.17, 15) is 0 Å². The van der Waals surface area contributed by atoms with Crippen LogP contribution in [-0.2, 0) is 4.74 Å². The minimum absolute atomic E-state index is 0.272. The minimum Gasteiger partial charge on any atom is -0.385 e. The van der Waals surface area contributed by atoms with Gasteiger partial charge in [-0.25, -0.2) is 0 Å². The lowest BCUT2D eigenvalue weighted by atomic mass is 10.00. The lowest BCUT2D eigenvalue weighted by Gasteiger charge is -2.32. The smallest absolute Gasteiger partial charge is 0.0468 e. The van der Waals surface area contributed by atoms with Crippen LogP contribution in [0.4, 0.5) is 0 Å². The number of rotatable bonds is 5. The van der Waals surface area contributed by atoms with Crippen molar-refractivity contribution in [1.82, 2.24) is 10.2 Å². The fourth-order valence-corrected chi connectivity index (χ4v) is 3.02. The fourth-order valence-electron chi connectivity index (χ4n) is 3.02. The largest absolute Gasteiger partial charge is 0.385 e. The molecule has 0 atom stereocenters. The molecule has 1 aliphatic heterocycles. The summed E-state index contributed by atoms with van der Waals surface area (Å²) in [6.45, 7) is 10.4. The second kappa shape index (κ2) is 5.25. The molecule has 1 saturated carbocycles. The van der Waals surface area contributed by atoms with Crippen molar-refractivity contribution in [2.45, 2.75) is 45.1 Å². The van der Waals surface area contributed by atoms with Crippen molar-refractivity contribution in [2.75, 3.05) is 39.9 Å². The van der Waals surface area contributed by atoms with E-state index in [2.05, 4.69) is 24.1 Å². The van der Waals surface area contributed by atoms with Crippen LogP contribution in [0.1, 0.15) is 39.5 Å². The van der Waals surface area contributed by atoms with E-state index in [0.717, 1.165) is 13.2 Å². The first-order chi connectivity index (χ1) is 8.05. The van der Waals surface area contributed by atoms with Gasteiger partial charge in [0, 0.05) is 32.3 Å². The van der Waals surface area contributed by atoms with E-state index in [1.807, 2.05) is 7.11 Å². The normalized spacial score (nSPS) is 27.7. The standard InChI is InChI=1S/C14H28N2O/c1-13(2)11-16(9-4-8-15-13)12-14(5-6-14)7-10-17-3/h15H,4-12H2,1-3H3. The molecule has 0 unspecified atom stereocenters. The van der Waals surface area contributed by atoms with Crippen molar-refractivity contribution in [3.63, 3.8) is 0 Å². The highest BCUT2D eigenvalue weighted by molar-refractivity contribution is 4.97. The highest BCUT2D eigenvalue weighted by atomic mass is 16.5. The summed E-state index contributed by atoms with van der Waals surface area (Å²) in [4.78, 5) is 2.67. The van der Waals surface area contributed by atoms with Gasteiger partial charge in [-0.3, -0.25) is 0 Å². The Kier molecular flexibility index (Phi) is 4.11. The van der Waals surface area contributed by atoms with E-state index < -0.39 is 0 Å². The maximum atomic E-state index is 5.24. The predicted octanol–water partition coefficient (Wildman–Crippen LogP) is 1.88. The SMILES string of the molecule is COCCC1(CN2CCCNC(C)(C)C2)CC1. The van der Waals surface area contributed by atoms with Gasteiger partial charge < -0.3 is 15.0 Å². The van der Waals surface area contributed by atoms with Gasteiger partial charge in [-0.15, -0.1) is 0 Å². The molecule has 0 radical (unpaired) electrons. The zero-order valence-electron chi connectivity index (χ0n) is 11.7. The summed E-state index contributed by atoms with van der Waals surface area (Å²) in [5.74, 6) is 0. The third kappa shape index (κ3) is 3.94. The van der Waals surface area contributed by atoms with Crippen LogP contribution in [0.2, 0.25) is 0 Å². The molecule has 2 rings (SSSR count). The first-order valence-electron chi connectivity index (χ1n) is 7.02. The Morgan fingerprint density at radius 1 is 1.29 bits per heavy atom. The van der Waals surface area contributed by atoms with Crippen LogP contribution in [0, 0.1) is 5.41 Å². The van der Waals surface area contributed by atoms with Gasteiger partial charge in [0.05, 0.1) is 0 Å². The van der Waals surface area contributed by atoms with Crippen LogP contribution < -0.4 is 5.32 Å². The van der Waals surface area contributed by atoms with E-state index in [1.54, 1.807) is 0 Å². The quantitative estimate of drug-likeness (QED) is 0.794. The molecule has 0 aromatic heterocycles. The summed E-state index contributed by atoms with van der Waals surface area (Å²) in [6.07, 6.45) is 5.33. The Morgan fingerprint density at radius 2 is 2.06 bits per heavy atom. The Bertz CT molecular complexity index is 249. The number of methoxy groups -OCH3 is 1. The van der Waals surface area contributed by atoms with E-state index in [0.29, 0.717) is 5.41 Å². The molecule has 3 heteroatoms. The molecule has 1 heterocycles. The Morgan fingerprint density at radius 3 is 2.71 bits per heavy atom. The lowest BCUT2D eigenvalue weighted by Crippen LogP contribution is -2.47. The van der Waals surface area contributed by atoms with Gasteiger partial charge in [0.2, 0.25) is 0 Å². The third-order valence-corrected chi connectivity index (χ3v) is 4.23. The van der Waals surface area contributed by atoms with Gasteiger partial charge in [-0.1, -0.05) is 0 Å². The molecule has 1 saturated heterocycles. The van der Waals surface area contributed by atoms with Crippen LogP contribution in [0.5, 0.6) is 0 Å². The molecule has 100 valence electrons. The molecule has 0 aromatic rings. The Hall–Kier alpha value is -0.120. The van der Waals surface area contributed by atoms with Gasteiger partial charge in [-0.05, 0) is 58.0 Å². The minimum atomic E-state index is 0.272. The summed E-state index contributed by atoms with van der Waals surface area (Å²) < 4.78 is 5.24. The number of nitrogens with one attached hydrogen (secondary N) is 1. The monoisotopic (exact) mass is 240 g/mol. The van der Waals surface area contributed by atoms with Gasteiger partial charge in [0.1, 0.15) is 0 Å². The van der Waals surface area contributed by atoms with Crippen molar-refractivity contribution < 1.29 is 4.74 Å². The van der Waals surface area contributed by atoms with Crippen molar-refractivity contribution in [1.29, 1.82) is 0 Å². The maximum absolute atomic E-state index is 5.24. The number of nitrogens with zero attached hydrogens (tertiary/aromatic N) is 1. The molecular formula is C14H28N2O. The summed E-state index contributed by atoms with van der Waals surface area (Å²) in [6, 6.07) is 0. The molecule has 17 heavy (non-hydrogen) atoms. The Balaban J connectivity index is 1.85. The van der Waals surface area contributed by atoms with Gasteiger partial charge >= 0.3 is 0 Å². The van der Waals surface area contributed by atoms with E-state index in [4.69, 9.17) is 4.74 Å². The summed E-state index contributed by atoms with van der Waals surface area (Å²) in [5.41, 5.74) is 0.865. The highest BCUT2D eigenvalue weighted by Crippen LogP contribution is 2.49. The molecule has 0 spiro atoms. The Labute approximate surface area is 106 Å². The fraction of sp³-hybridized carbons (Fsp3) is 1.00. The molecule has 2 fully saturated rings. The molecule has 2 aliphatic rings. The van der Waals surface area contributed by atoms with E-state index >= 15 is 0 Å². The number of hydrogen-bond donors (Lipinski definition) is 1. The topological polar surface area (TPSA) is 24.5 Å². The molecule has 0 amide bonds. The van der Waals surface area contributed by atoms with Crippen LogP contribution >= 0.6 is 0 Å². The van der Waals surface area contributed by atoms with Crippen LogP contribution in [-0.4, -0.2) is 50.3 Å². The predicted molar refractivity (Wildman–Crippen MR) is 71.3 cm³/mol. The van der Waals surface area contributed by atoms with Crippen molar-refractivity contribution in [3.8, 4) is 0 Å². The summed E-state index contributed by atoms with van der Waals surface area (Å²) in [7, 11) is 1.81. The lowest BCUT2D eigenvalue weighted by molar-refractivity contribution is 0.139. The molecule has 3 nitrogen and oxygen atoms in total. The molecule has 0 bridgehead atoms. The van der Waals surface area contributed by atoms with Crippen LogP contribution in [0.3, 0.4) is 0 Å². The number of hydrogen-bond acceptors (Lipinski definition) is 3. The average molecular weight is 240 g/mol. The van der Waals surface area contributed by atoms with Crippen molar-refractivity contribution in [2.24, 2.45) is 5.41 Å². The average Bonchev–Trinajstić information content (AvgIpc) is 3.02. The second-order valence-electron chi connectivity index (χ2n) is 6.62. The van der Waals surface area contributed by atoms with Crippen LogP contribution in [0.15, 0.2) is 0 Å².